The van der Waals surface area contributed by atoms with Gasteiger partial charge in [-0.2, -0.15) is 23.4 Å². The molecule has 32 heavy (non-hydrogen) atoms. The SMILES string of the molecule is CC1(C)CN(C(=O)c2cn[nH]c2)Cc2c(C(=O)O)nn(Cc3ccc(C(F)(F)F)cc3)c21. The first-order valence-corrected chi connectivity index (χ1v) is 9.75. The number of carboxylic acids is 1. The third kappa shape index (κ3) is 3.85. The number of nitrogens with one attached hydrogen (secondary N) is 1. The number of benzene rings is 1. The van der Waals surface area contributed by atoms with E-state index in [0.29, 0.717) is 28.9 Å². The Morgan fingerprint density at radius 1 is 1.22 bits per heavy atom. The van der Waals surface area contributed by atoms with E-state index < -0.39 is 23.1 Å². The largest absolute Gasteiger partial charge is 0.476 e. The lowest BCUT2D eigenvalue weighted by molar-refractivity contribution is -0.137. The standard InChI is InChI=1S/C21H20F3N5O3/c1-20(2)11-28(18(30)13-7-25-26-8-13)10-15-16(19(31)32)27-29(17(15)20)9-12-3-5-14(6-4-12)21(22,23)24/h3-8H,9-11H2,1-2H3,(H,25,26)(H,31,32). The number of H-pyrrole nitrogens is 1. The highest BCUT2D eigenvalue weighted by atomic mass is 19.4. The first kappa shape index (κ1) is 21.6. The van der Waals surface area contributed by atoms with Crippen LogP contribution in [0, 0.1) is 0 Å². The number of aromatic amines is 1. The van der Waals surface area contributed by atoms with Gasteiger partial charge in [-0.05, 0) is 17.7 Å². The third-order valence-electron chi connectivity index (χ3n) is 5.48. The lowest BCUT2D eigenvalue weighted by atomic mass is 9.82. The summed E-state index contributed by atoms with van der Waals surface area (Å²) >= 11 is 0. The summed E-state index contributed by atoms with van der Waals surface area (Å²) in [6.07, 6.45) is -1.57. The van der Waals surface area contributed by atoms with Gasteiger partial charge in [0.05, 0.1) is 36.1 Å². The zero-order valence-corrected chi connectivity index (χ0v) is 17.3. The maximum Gasteiger partial charge on any atom is 0.416 e. The summed E-state index contributed by atoms with van der Waals surface area (Å²) in [5, 5.41) is 20.3. The molecule has 0 spiro atoms. The highest BCUT2D eigenvalue weighted by Crippen LogP contribution is 2.36. The van der Waals surface area contributed by atoms with E-state index >= 15 is 0 Å². The molecule has 1 aliphatic rings. The lowest BCUT2D eigenvalue weighted by Crippen LogP contribution is -2.46. The van der Waals surface area contributed by atoms with Crippen LogP contribution in [-0.2, 0) is 24.7 Å². The second-order valence-electron chi connectivity index (χ2n) is 8.37. The van der Waals surface area contributed by atoms with Gasteiger partial charge in [0.2, 0.25) is 0 Å². The molecular weight excluding hydrogens is 427 g/mol. The molecule has 0 aliphatic carbocycles. The number of aromatic carboxylic acids is 1. The van der Waals surface area contributed by atoms with Crippen molar-refractivity contribution in [3.63, 3.8) is 0 Å². The van der Waals surface area contributed by atoms with E-state index in [4.69, 9.17) is 0 Å². The van der Waals surface area contributed by atoms with Crippen LogP contribution in [-0.4, -0.2) is 48.4 Å². The molecule has 8 nitrogen and oxygen atoms in total. The number of carbonyl (C=O) groups is 2. The zero-order chi connectivity index (χ0) is 23.3. The van der Waals surface area contributed by atoms with E-state index in [2.05, 4.69) is 15.3 Å². The first-order chi connectivity index (χ1) is 15.0. The van der Waals surface area contributed by atoms with Crippen LogP contribution in [0.3, 0.4) is 0 Å². The van der Waals surface area contributed by atoms with Gasteiger partial charge in [-0.1, -0.05) is 26.0 Å². The number of carboxylic acid groups (broad SMARTS) is 1. The summed E-state index contributed by atoms with van der Waals surface area (Å²) in [6.45, 7) is 4.21. The van der Waals surface area contributed by atoms with E-state index in [1.165, 1.54) is 29.2 Å². The van der Waals surface area contributed by atoms with Crippen molar-refractivity contribution in [3.05, 3.63) is 70.3 Å². The third-order valence-corrected chi connectivity index (χ3v) is 5.48. The topological polar surface area (TPSA) is 104 Å². The summed E-state index contributed by atoms with van der Waals surface area (Å²) in [6, 6.07) is 4.67. The second-order valence-corrected chi connectivity index (χ2v) is 8.37. The number of hydrogen-bond donors (Lipinski definition) is 2. The molecule has 3 heterocycles. The van der Waals surface area contributed by atoms with Gasteiger partial charge in [0.1, 0.15) is 0 Å². The van der Waals surface area contributed by atoms with E-state index in [0.717, 1.165) is 12.1 Å². The number of amides is 1. The van der Waals surface area contributed by atoms with Crippen LogP contribution in [0.15, 0.2) is 36.7 Å². The molecule has 1 aliphatic heterocycles. The van der Waals surface area contributed by atoms with E-state index in [1.807, 2.05) is 13.8 Å². The molecule has 1 aromatic carbocycles. The fourth-order valence-electron chi connectivity index (χ4n) is 4.16. The van der Waals surface area contributed by atoms with Crippen LogP contribution in [0.5, 0.6) is 0 Å². The lowest BCUT2D eigenvalue weighted by Gasteiger charge is -2.38. The molecule has 4 rings (SSSR count). The highest BCUT2D eigenvalue weighted by Gasteiger charge is 2.41. The number of halogens is 3. The fraction of sp³-hybridized carbons (Fsp3) is 0.333. The minimum atomic E-state index is -4.44. The van der Waals surface area contributed by atoms with Crippen LogP contribution in [0.4, 0.5) is 13.2 Å². The molecule has 0 radical (unpaired) electrons. The normalized spacial score (nSPS) is 15.5. The van der Waals surface area contributed by atoms with Gasteiger partial charge in [-0.25, -0.2) is 4.79 Å². The predicted octanol–water partition coefficient (Wildman–Crippen LogP) is 3.31. The second kappa shape index (κ2) is 7.50. The van der Waals surface area contributed by atoms with Gasteiger partial charge in [0, 0.05) is 23.7 Å². The number of carbonyl (C=O) groups excluding carboxylic acids is 1. The van der Waals surface area contributed by atoms with E-state index in [-0.39, 0.29) is 24.7 Å². The van der Waals surface area contributed by atoms with Gasteiger partial charge < -0.3 is 10.0 Å². The average molecular weight is 447 g/mol. The molecule has 0 saturated carbocycles. The maximum absolute atomic E-state index is 12.8. The summed E-state index contributed by atoms with van der Waals surface area (Å²) in [5.74, 6) is -1.52. The molecule has 2 aromatic heterocycles. The molecule has 0 fully saturated rings. The molecule has 168 valence electrons. The van der Waals surface area contributed by atoms with Gasteiger partial charge in [-0.15, -0.1) is 0 Å². The summed E-state index contributed by atoms with van der Waals surface area (Å²) in [4.78, 5) is 26.3. The van der Waals surface area contributed by atoms with Crippen molar-refractivity contribution in [2.75, 3.05) is 6.54 Å². The van der Waals surface area contributed by atoms with Crippen molar-refractivity contribution in [3.8, 4) is 0 Å². The minimum Gasteiger partial charge on any atom is -0.476 e. The van der Waals surface area contributed by atoms with Crippen molar-refractivity contribution < 1.29 is 27.9 Å². The van der Waals surface area contributed by atoms with Crippen molar-refractivity contribution in [2.45, 2.75) is 38.5 Å². The monoisotopic (exact) mass is 447 g/mol. The molecule has 0 bridgehead atoms. The summed E-state index contributed by atoms with van der Waals surface area (Å²) < 4.78 is 40.1. The molecule has 2 N–H and O–H groups in total. The van der Waals surface area contributed by atoms with Crippen molar-refractivity contribution in [1.29, 1.82) is 0 Å². The van der Waals surface area contributed by atoms with Gasteiger partial charge in [-0.3, -0.25) is 14.6 Å². The van der Waals surface area contributed by atoms with Crippen molar-refractivity contribution >= 4 is 11.9 Å². The quantitative estimate of drug-likeness (QED) is 0.639. The van der Waals surface area contributed by atoms with E-state index in [9.17, 15) is 27.9 Å². The Labute approximate surface area is 180 Å². The first-order valence-electron chi connectivity index (χ1n) is 9.75. The Balaban J connectivity index is 1.71. The number of rotatable bonds is 4. The van der Waals surface area contributed by atoms with Gasteiger partial charge in [0.15, 0.2) is 5.69 Å². The predicted molar refractivity (Wildman–Crippen MR) is 106 cm³/mol. The van der Waals surface area contributed by atoms with Crippen LogP contribution in [0.2, 0.25) is 0 Å². The molecule has 0 unspecified atom stereocenters. The van der Waals surface area contributed by atoms with Crippen LogP contribution in [0.25, 0.3) is 0 Å². The Hall–Kier alpha value is -3.63. The highest BCUT2D eigenvalue weighted by molar-refractivity contribution is 5.94. The van der Waals surface area contributed by atoms with Gasteiger partial charge >= 0.3 is 12.1 Å². The Morgan fingerprint density at radius 2 is 1.91 bits per heavy atom. The number of aromatic nitrogens is 4. The number of fused-ring (bicyclic) bond motifs is 1. The van der Waals surface area contributed by atoms with Crippen LogP contribution >= 0.6 is 0 Å². The number of alkyl halides is 3. The Bertz CT molecular complexity index is 1160. The molecule has 0 saturated heterocycles. The number of hydrogen-bond acceptors (Lipinski definition) is 4. The molecule has 0 atom stereocenters. The number of nitrogens with zero attached hydrogens (tertiary/aromatic N) is 4. The maximum atomic E-state index is 12.8. The summed E-state index contributed by atoms with van der Waals surface area (Å²) in [7, 11) is 0. The van der Waals surface area contributed by atoms with Crippen molar-refractivity contribution in [1.82, 2.24) is 24.9 Å². The molecular formula is C21H20F3N5O3. The van der Waals surface area contributed by atoms with Gasteiger partial charge in [0.25, 0.3) is 5.91 Å². The molecule has 3 aromatic rings. The van der Waals surface area contributed by atoms with E-state index in [1.54, 1.807) is 4.90 Å². The summed E-state index contributed by atoms with van der Waals surface area (Å²) in [5.41, 5.74) is 0.378. The zero-order valence-electron chi connectivity index (χ0n) is 17.3. The minimum absolute atomic E-state index is 0.0530. The Morgan fingerprint density at radius 3 is 2.47 bits per heavy atom. The van der Waals surface area contributed by atoms with Crippen molar-refractivity contribution in [2.24, 2.45) is 0 Å². The van der Waals surface area contributed by atoms with Crippen LogP contribution in [0.1, 0.15) is 57.1 Å². The molecule has 11 heteroatoms. The smallest absolute Gasteiger partial charge is 0.416 e. The molecule has 1 amide bonds. The fourth-order valence-corrected chi connectivity index (χ4v) is 4.16. The van der Waals surface area contributed by atoms with Crippen LogP contribution < -0.4 is 0 Å². The average Bonchev–Trinajstić information content (AvgIpc) is 3.35. The Kier molecular flexibility index (Phi) is 5.06.